The summed E-state index contributed by atoms with van der Waals surface area (Å²) in [5.74, 6) is 1.73. The van der Waals surface area contributed by atoms with E-state index in [2.05, 4.69) is 37.5 Å². The second-order valence-electron chi connectivity index (χ2n) is 6.38. The number of guanidine groups is 1. The maximum Gasteiger partial charge on any atom is 0.191 e. The van der Waals surface area contributed by atoms with E-state index in [1.54, 1.807) is 11.0 Å². The number of rotatable bonds is 9. The Morgan fingerprint density at radius 1 is 1.17 bits per heavy atom. The molecule has 7 nitrogen and oxygen atoms in total. The Hall–Kier alpha value is -1.63. The largest absolute Gasteiger partial charge is 0.357 e. The van der Waals surface area contributed by atoms with Crippen molar-refractivity contribution >= 4 is 5.96 Å². The second-order valence-corrected chi connectivity index (χ2v) is 6.38. The zero-order valence-corrected chi connectivity index (χ0v) is 15.3. The zero-order valence-electron chi connectivity index (χ0n) is 15.3. The number of nitrogens with zero attached hydrogens (tertiary/aromatic N) is 5. The van der Waals surface area contributed by atoms with Gasteiger partial charge in [-0.05, 0) is 52.2 Å². The number of hydrogen-bond donors (Lipinski definition) is 2. The van der Waals surface area contributed by atoms with Crippen LogP contribution >= 0.6 is 0 Å². The summed E-state index contributed by atoms with van der Waals surface area (Å²) in [6, 6.07) is 0. The van der Waals surface area contributed by atoms with E-state index in [0.717, 1.165) is 24.9 Å². The van der Waals surface area contributed by atoms with Crippen LogP contribution in [0.5, 0.6) is 0 Å². The Kier molecular flexibility index (Phi) is 8.59. The van der Waals surface area contributed by atoms with Crippen LogP contribution in [-0.4, -0.2) is 58.3 Å². The van der Waals surface area contributed by atoms with Crippen LogP contribution in [0, 0.1) is 0 Å². The van der Waals surface area contributed by atoms with Crippen LogP contribution in [0.25, 0.3) is 0 Å². The Bertz CT molecular complexity index is 477. The van der Waals surface area contributed by atoms with Gasteiger partial charge in [-0.15, -0.1) is 0 Å². The number of aromatic nitrogens is 3. The minimum absolute atomic E-state index is 0.542. The lowest BCUT2D eigenvalue weighted by atomic mass is 10.1. The molecule has 7 heteroatoms. The first-order valence-electron chi connectivity index (χ1n) is 9.37. The second kappa shape index (κ2) is 11.0. The summed E-state index contributed by atoms with van der Waals surface area (Å²) in [6.45, 7) is 8.32. The first-order valence-corrected chi connectivity index (χ1v) is 9.37. The molecule has 0 aliphatic carbocycles. The van der Waals surface area contributed by atoms with Crippen molar-refractivity contribution in [2.24, 2.45) is 12.0 Å². The molecule has 0 amide bonds. The Morgan fingerprint density at radius 2 is 2.00 bits per heavy atom. The Labute approximate surface area is 145 Å². The molecule has 1 aliphatic heterocycles. The Balaban J connectivity index is 1.59. The van der Waals surface area contributed by atoms with E-state index in [4.69, 9.17) is 0 Å². The van der Waals surface area contributed by atoms with Crippen LogP contribution < -0.4 is 10.6 Å². The molecule has 0 bridgehead atoms. The third kappa shape index (κ3) is 6.86. The minimum atomic E-state index is 0.542. The molecule has 24 heavy (non-hydrogen) atoms. The summed E-state index contributed by atoms with van der Waals surface area (Å²) in [6.07, 6.45) is 9.50. The fourth-order valence-corrected chi connectivity index (χ4v) is 2.98. The molecule has 1 saturated heterocycles. The smallest absolute Gasteiger partial charge is 0.191 e. The van der Waals surface area contributed by atoms with Gasteiger partial charge < -0.3 is 15.5 Å². The van der Waals surface area contributed by atoms with Crippen molar-refractivity contribution < 1.29 is 0 Å². The van der Waals surface area contributed by atoms with Crippen molar-refractivity contribution in [1.82, 2.24) is 30.3 Å². The number of aryl methyl sites for hydroxylation is 1. The molecule has 136 valence electrons. The van der Waals surface area contributed by atoms with Gasteiger partial charge >= 0.3 is 0 Å². The van der Waals surface area contributed by atoms with Crippen LogP contribution in [0.3, 0.4) is 0 Å². The summed E-state index contributed by atoms with van der Waals surface area (Å²) in [7, 11) is 1.89. The first kappa shape index (κ1) is 18.7. The highest BCUT2D eigenvalue weighted by atomic mass is 15.3. The van der Waals surface area contributed by atoms with E-state index in [-0.39, 0.29) is 0 Å². The van der Waals surface area contributed by atoms with Gasteiger partial charge in [0.1, 0.15) is 18.7 Å². The number of unbranched alkanes of at least 4 members (excludes halogenated alkanes) is 2. The van der Waals surface area contributed by atoms with Crippen molar-refractivity contribution in [3.8, 4) is 0 Å². The van der Waals surface area contributed by atoms with E-state index < -0.39 is 0 Å². The quantitative estimate of drug-likeness (QED) is 0.407. The van der Waals surface area contributed by atoms with Crippen molar-refractivity contribution in [2.45, 2.75) is 52.0 Å². The number of aliphatic imine (C=N–C) groups is 1. The fourth-order valence-electron chi connectivity index (χ4n) is 2.98. The lowest BCUT2D eigenvalue weighted by Gasteiger charge is -2.26. The van der Waals surface area contributed by atoms with Gasteiger partial charge in [0.15, 0.2) is 5.96 Å². The van der Waals surface area contributed by atoms with E-state index in [0.29, 0.717) is 6.54 Å². The standard InChI is InChI=1S/C17H33N7/c1-3-18-17(20-14-16-21-15-22-23(16)2)19-10-6-4-7-11-24-12-8-5-9-13-24/h15H,3-14H2,1-2H3,(H2,18,19,20). The molecular weight excluding hydrogens is 302 g/mol. The van der Waals surface area contributed by atoms with Gasteiger partial charge in [-0.1, -0.05) is 12.8 Å². The van der Waals surface area contributed by atoms with Crippen LogP contribution in [0.1, 0.15) is 51.3 Å². The summed E-state index contributed by atoms with van der Waals surface area (Å²) >= 11 is 0. The van der Waals surface area contributed by atoms with E-state index in [9.17, 15) is 0 Å². The first-order chi connectivity index (χ1) is 11.8. The van der Waals surface area contributed by atoms with Gasteiger partial charge in [-0.3, -0.25) is 4.68 Å². The van der Waals surface area contributed by atoms with E-state index in [1.165, 1.54) is 58.2 Å². The van der Waals surface area contributed by atoms with E-state index in [1.807, 2.05) is 7.05 Å². The predicted molar refractivity (Wildman–Crippen MR) is 98.0 cm³/mol. The number of piperidine rings is 1. The van der Waals surface area contributed by atoms with Gasteiger partial charge in [0.2, 0.25) is 0 Å². The maximum absolute atomic E-state index is 4.57. The topological polar surface area (TPSA) is 70.4 Å². The Morgan fingerprint density at radius 3 is 2.71 bits per heavy atom. The normalized spacial score (nSPS) is 16.3. The summed E-state index contributed by atoms with van der Waals surface area (Å²) in [5.41, 5.74) is 0. The number of likely N-dealkylation sites (tertiary alicyclic amines) is 1. The minimum Gasteiger partial charge on any atom is -0.357 e. The van der Waals surface area contributed by atoms with Crippen molar-refractivity contribution in [2.75, 3.05) is 32.7 Å². The van der Waals surface area contributed by atoms with Crippen LogP contribution in [0.4, 0.5) is 0 Å². The van der Waals surface area contributed by atoms with E-state index >= 15 is 0 Å². The lowest BCUT2D eigenvalue weighted by Crippen LogP contribution is -2.37. The average molecular weight is 336 g/mol. The molecule has 1 aliphatic rings. The molecule has 0 unspecified atom stereocenters. The molecule has 1 fully saturated rings. The molecule has 0 radical (unpaired) electrons. The third-order valence-corrected chi connectivity index (χ3v) is 4.42. The molecule has 0 spiro atoms. The van der Waals surface area contributed by atoms with Crippen LogP contribution in [0.15, 0.2) is 11.3 Å². The highest BCUT2D eigenvalue weighted by molar-refractivity contribution is 5.79. The zero-order chi connectivity index (χ0) is 17.0. The fraction of sp³-hybridized carbons (Fsp3) is 0.824. The van der Waals surface area contributed by atoms with Crippen molar-refractivity contribution in [3.63, 3.8) is 0 Å². The third-order valence-electron chi connectivity index (χ3n) is 4.42. The van der Waals surface area contributed by atoms with Crippen molar-refractivity contribution in [3.05, 3.63) is 12.2 Å². The molecule has 0 saturated carbocycles. The van der Waals surface area contributed by atoms with Gasteiger partial charge in [-0.2, -0.15) is 5.10 Å². The summed E-state index contributed by atoms with van der Waals surface area (Å²) < 4.78 is 1.76. The van der Waals surface area contributed by atoms with Crippen LogP contribution in [0.2, 0.25) is 0 Å². The monoisotopic (exact) mass is 335 g/mol. The predicted octanol–water partition coefficient (Wildman–Crippen LogP) is 1.53. The van der Waals surface area contributed by atoms with Crippen molar-refractivity contribution in [1.29, 1.82) is 0 Å². The van der Waals surface area contributed by atoms with Gasteiger partial charge in [0.25, 0.3) is 0 Å². The molecular formula is C17H33N7. The molecule has 0 aromatic carbocycles. The lowest BCUT2D eigenvalue weighted by molar-refractivity contribution is 0.224. The maximum atomic E-state index is 4.57. The molecule has 2 rings (SSSR count). The number of hydrogen-bond acceptors (Lipinski definition) is 4. The summed E-state index contributed by atoms with van der Waals surface area (Å²) in [4.78, 5) is 11.4. The average Bonchev–Trinajstić information content (AvgIpc) is 3.01. The molecule has 1 aromatic rings. The summed E-state index contributed by atoms with van der Waals surface area (Å²) in [5, 5.41) is 10.8. The molecule has 1 aromatic heterocycles. The highest BCUT2D eigenvalue weighted by Crippen LogP contribution is 2.09. The molecule has 2 heterocycles. The van der Waals surface area contributed by atoms with Crippen LogP contribution in [-0.2, 0) is 13.6 Å². The van der Waals surface area contributed by atoms with Gasteiger partial charge in [-0.25, -0.2) is 9.98 Å². The molecule has 2 N–H and O–H groups in total. The van der Waals surface area contributed by atoms with Gasteiger partial charge in [0.05, 0.1) is 0 Å². The SMILES string of the molecule is CCNC(=NCc1ncnn1C)NCCCCCN1CCCCC1. The van der Waals surface area contributed by atoms with Gasteiger partial charge in [0, 0.05) is 20.1 Å². The molecule has 0 atom stereocenters. The number of nitrogens with one attached hydrogen (secondary N) is 2. The highest BCUT2D eigenvalue weighted by Gasteiger charge is 2.08.